The smallest absolute Gasteiger partial charge is 0.227 e. The van der Waals surface area contributed by atoms with E-state index in [1.54, 1.807) is 13.8 Å². The second kappa shape index (κ2) is 8.96. The van der Waals surface area contributed by atoms with Crippen molar-refractivity contribution in [3.05, 3.63) is 67.6 Å². The highest BCUT2D eigenvalue weighted by Gasteiger charge is 2.45. The van der Waals surface area contributed by atoms with E-state index in [2.05, 4.69) is 0 Å². The van der Waals surface area contributed by atoms with Crippen LogP contribution in [0.2, 0.25) is 0 Å². The minimum Gasteiger partial charge on any atom is -0.504 e. The van der Waals surface area contributed by atoms with Crippen LogP contribution >= 0.6 is 0 Å². The minimum atomic E-state index is -0.385. The van der Waals surface area contributed by atoms with E-state index in [0.717, 1.165) is 0 Å². The third kappa shape index (κ3) is 3.56. The van der Waals surface area contributed by atoms with Crippen LogP contribution in [0.15, 0.2) is 67.6 Å². The molecule has 0 radical (unpaired) electrons. The van der Waals surface area contributed by atoms with Crippen LogP contribution in [-0.2, 0) is 28.7 Å². The molecule has 0 saturated carbocycles. The predicted octanol–water partition coefficient (Wildman–Crippen LogP) is 4.45. The van der Waals surface area contributed by atoms with Crippen molar-refractivity contribution >= 4 is 23.1 Å². The Morgan fingerprint density at radius 3 is 1.26 bits per heavy atom. The fraction of sp³-hybridized carbons (Fsp3) is 0.467. The average molecular weight is 521 g/mol. The molecule has 0 unspecified atom stereocenters. The molecule has 8 heteroatoms. The van der Waals surface area contributed by atoms with E-state index in [1.165, 1.54) is 0 Å². The lowest BCUT2D eigenvalue weighted by Gasteiger charge is -2.37. The molecule has 0 aromatic carbocycles. The molecule has 0 saturated heterocycles. The molecule has 38 heavy (non-hydrogen) atoms. The number of allylic oxidation sites excluding steroid dienone is 4. The first-order valence-corrected chi connectivity index (χ1v) is 13.1. The normalized spacial score (nSPS) is 30.7. The van der Waals surface area contributed by atoms with Crippen molar-refractivity contribution < 1.29 is 38.9 Å². The van der Waals surface area contributed by atoms with Gasteiger partial charge in [0.1, 0.15) is 11.5 Å². The number of aliphatic hydroxyl groups is 2. The maximum Gasteiger partial charge on any atom is 0.227 e. The van der Waals surface area contributed by atoms with Gasteiger partial charge >= 0.3 is 0 Å². The first-order valence-electron chi connectivity index (χ1n) is 13.1. The monoisotopic (exact) mass is 520 g/mol. The third-order valence-electron chi connectivity index (χ3n) is 8.34. The lowest BCUT2D eigenvalue weighted by atomic mass is 9.71. The topological polar surface area (TPSA) is 127 Å². The Morgan fingerprint density at radius 2 is 0.921 bits per heavy atom. The molecular weight excluding hydrogens is 488 g/mol. The van der Waals surface area contributed by atoms with E-state index < -0.39 is 0 Å². The molecule has 2 heterocycles. The van der Waals surface area contributed by atoms with E-state index >= 15 is 0 Å². The molecule has 4 aliphatic carbocycles. The van der Waals surface area contributed by atoms with Gasteiger partial charge in [-0.05, 0) is 25.7 Å². The summed E-state index contributed by atoms with van der Waals surface area (Å²) in [7, 11) is 0. The van der Waals surface area contributed by atoms with Crippen LogP contribution in [0, 0.1) is 23.7 Å². The van der Waals surface area contributed by atoms with Gasteiger partial charge in [-0.15, -0.1) is 0 Å². The van der Waals surface area contributed by atoms with Gasteiger partial charge in [0.05, 0.1) is 13.2 Å². The molecule has 0 aromatic rings. The van der Waals surface area contributed by atoms with Crippen LogP contribution < -0.4 is 0 Å². The van der Waals surface area contributed by atoms with Gasteiger partial charge in [-0.25, -0.2) is 0 Å². The van der Waals surface area contributed by atoms with Gasteiger partial charge in [0.2, 0.25) is 11.6 Å². The van der Waals surface area contributed by atoms with E-state index in [9.17, 15) is 29.4 Å². The van der Waals surface area contributed by atoms with Crippen LogP contribution in [0.25, 0.3) is 0 Å². The molecule has 0 spiro atoms. The zero-order valence-corrected chi connectivity index (χ0v) is 22.5. The SMILES string of the molecule is CC1=C2OC[C@@H](C)C3=C2C(=C(O)C1=O)[C@@H](C)CC3=O.CC1=C2OC[C@@H](C)C3=C2C(=C(O)C1=O)[C@@H](C)CC3=O. The molecule has 200 valence electrons. The van der Waals surface area contributed by atoms with E-state index in [-0.39, 0.29) is 58.3 Å². The van der Waals surface area contributed by atoms with Gasteiger partial charge in [0, 0.05) is 69.3 Å². The molecule has 6 rings (SSSR count). The lowest BCUT2D eigenvalue weighted by molar-refractivity contribution is -0.118. The first-order chi connectivity index (χ1) is 17.9. The molecule has 2 N–H and O–H groups in total. The zero-order valence-electron chi connectivity index (χ0n) is 22.5. The lowest BCUT2D eigenvalue weighted by Crippen LogP contribution is -2.35. The summed E-state index contributed by atoms with van der Waals surface area (Å²) in [4.78, 5) is 48.6. The molecule has 4 atom stereocenters. The van der Waals surface area contributed by atoms with Crippen LogP contribution in [0.4, 0.5) is 0 Å². The number of aliphatic hydroxyl groups excluding tert-OH is 2. The van der Waals surface area contributed by atoms with Crippen molar-refractivity contribution in [1.29, 1.82) is 0 Å². The van der Waals surface area contributed by atoms with Crippen LogP contribution in [0.1, 0.15) is 54.4 Å². The van der Waals surface area contributed by atoms with Crippen LogP contribution in [0.5, 0.6) is 0 Å². The highest BCUT2D eigenvalue weighted by molar-refractivity contribution is 6.13. The summed E-state index contributed by atoms with van der Waals surface area (Å²) in [5.41, 5.74) is 4.75. The van der Waals surface area contributed by atoms with Gasteiger partial charge in [-0.2, -0.15) is 0 Å². The molecule has 8 nitrogen and oxygen atoms in total. The summed E-state index contributed by atoms with van der Waals surface area (Å²) >= 11 is 0. The number of Topliss-reactive ketones (excluding diaryl/α,β-unsaturated/α-hetero) is 4. The largest absolute Gasteiger partial charge is 0.504 e. The van der Waals surface area contributed by atoms with E-state index in [4.69, 9.17) is 9.47 Å². The van der Waals surface area contributed by atoms with Crippen molar-refractivity contribution in [3.8, 4) is 0 Å². The molecule has 6 aliphatic rings. The number of hydrogen-bond acceptors (Lipinski definition) is 8. The minimum absolute atomic E-state index is 0.00236. The first kappa shape index (κ1) is 25.9. The maximum atomic E-state index is 12.3. The number of rotatable bonds is 0. The Hall–Kier alpha value is -3.68. The third-order valence-corrected chi connectivity index (χ3v) is 8.34. The number of hydrogen-bond donors (Lipinski definition) is 2. The molecular formula is C30H32O8. The molecule has 2 aliphatic heterocycles. The van der Waals surface area contributed by atoms with Gasteiger partial charge in [0.15, 0.2) is 23.1 Å². The Bertz CT molecular complexity index is 1320. The second-order valence-corrected chi connectivity index (χ2v) is 11.1. The number of ether oxygens (including phenoxy) is 2. The Morgan fingerprint density at radius 1 is 0.579 bits per heavy atom. The van der Waals surface area contributed by atoms with Crippen molar-refractivity contribution in [1.82, 2.24) is 0 Å². The Kier molecular flexibility index (Phi) is 6.12. The van der Waals surface area contributed by atoms with Gasteiger partial charge in [0.25, 0.3) is 0 Å². The highest BCUT2D eigenvalue weighted by atomic mass is 16.5. The summed E-state index contributed by atoms with van der Waals surface area (Å²) in [6, 6.07) is 0. The molecule has 0 bridgehead atoms. The van der Waals surface area contributed by atoms with E-state index in [1.807, 2.05) is 27.7 Å². The molecule has 0 amide bonds. The summed E-state index contributed by atoms with van der Waals surface area (Å²) in [6.07, 6.45) is 0.699. The zero-order chi connectivity index (χ0) is 27.8. The standard InChI is InChI=1S/2C15H16O4/c2*1-6-4-9(16)10-7(2)5-19-15-8(3)13(17)14(18)11(6)12(10)15/h2*6-7,18H,4-5H2,1-3H3/t2*6-,7+/m00/s1. The van der Waals surface area contributed by atoms with Crippen molar-refractivity contribution in [2.75, 3.05) is 13.2 Å². The average Bonchev–Trinajstić information content (AvgIpc) is 2.85. The van der Waals surface area contributed by atoms with Crippen LogP contribution in [-0.4, -0.2) is 46.6 Å². The Labute approximate surface area is 221 Å². The number of carbonyl (C=O) groups is 4. The maximum absolute atomic E-state index is 12.3. The quantitative estimate of drug-likeness (QED) is 0.480. The van der Waals surface area contributed by atoms with Crippen LogP contribution in [0.3, 0.4) is 0 Å². The molecule has 0 aromatic heterocycles. The van der Waals surface area contributed by atoms with Gasteiger partial charge < -0.3 is 19.7 Å². The summed E-state index contributed by atoms with van der Waals surface area (Å²) < 4.78 is 11.3. The number of carbonyl (C=O) groups excluding carboxylic acids is 4. The fourth-order valence-electron chi connectivity index (χ4n) is 6.40. The van der Waals surface area contributed by atoms with E-state index in [0.29, 0.717) is 82.2 Å². The summed E-state index contributed by atoms with van der Waals surface area (Å²) in [6.45, 7) is 11.7. The Balaban J connectivity index is 0.000000155. The van der Waals surface area contributed by atoms with Gasteiger partial charge in [-0.1, -0.05) is 27.7 Å². The summed E-state index contributed by atoms with van der Waals surface area (Å²) in [5, 5.41) is 20.3. The fourth-order valence-corrected chi connectivity index (χ4v) is 6.40. The predicted molar refractivity (Wildman–Crippen MR) is 137 cm³/mol. The van der Waals surface area contributed by atoms with Crippen molar-refractivity contribution in [2.45, 2.75) is 54.4 Å². The van der Waals surface area contributed by atoms with Gasteiger partial charge in [-0.3, -0.25) is 19.2 Å². The summed E-state index contributed by atoms with van der Waals surface area (Å²) in [5.74, 6) is -0.296. The van der Waals surface area contributed by atoms with Crippen molar-refractivity contribution in [3.63, 3.8) is 0 Å². The van der Waals surface area contributed by atoms with Crippen molar-refractivity contribution in [2.24, 2.45) is 23.7 Å². The molecule has 0 fully saturated rings. The highest BCUT2D eigenvalue weighted by Crippen LogP contribution is 2.48. The second-order valence-electron chi connectivity index (χ2n) is 11.1. The number of ketones is 4.